The number of hydrogen-bond donors (Lipinski definition) is 2. The van der Waals surface area contributed by atoms with Crippen LogP contribution in [0.4, 0.5) is 11.4 Å². The lowest BCUT2D eigenvalue weighted by Gasteiger charge is -2.38. The second-order valence-electron chi connectivity index (χ2n) is 6.22. The average molecular weight is 320 g/mol. The van der Waals surface area contributed by atoms with Crippen molar-refractivity contribution in [1.82, 2.24) is 4.90 Å². The van der Waals surface area contributed by atoms with Gasteiger partial charge in [-0.15, -0.1) is 0 Å². The highest BCUT2D eigenvalue weighted by Crippen LogP contribution is 2.21. The molecule has 1 aliphatic rings. The Bertz CT molecular complexity index is 513. The van der Waals surface area contributed by atoms with Gasteiger partial charge in [0.1, 0.15) is 6.04 Å². The predicted molar refractivity (Wildman–Crippen MR) is 93.8 cm³/mol. The topological polar surface area (TPSA) is 70.8 Å². The average Bonchev–Trinajstić information content (AvgIpc) is 2.55. The number of amides is 1. The molecule has 1 fully saturated rings. The van der Waals surface area contributed by atoms with Gasteiger partial charge in [-0.2, -0.15) is 0 Å². The van der Waals surface area contributed by atoms with Crippen LogP contribution in [-0.4, -0.2) is 62.8 Å². The summed E-state index contributed by atoms with van der Waals surface area (Å²) in [7, 11) is 1.53. The highest BCUT2D eigenvalue weighted by atomic mass is 16.5. The van der Waals surface area contributed by atoms with Gasteiger partial charge in [0.25, 0.3) is 0 Å². The smallest absolute Gasteiger partial charge is 0.243 e. The van der Waals surface area contributed by atoms with Crippen LogP contribution in [0.2, 0.25) is 0 Å². The minimum Gasteiger partial charge on any atom is -0.383 e. The van der Waals surface area contributed by atoms with Gasteiger partial charge in [0.05, 0.1) is 6.61 Å². The van der Waals surface area contributed by atoms with Crippen molar-refractivity contribution in [2.75, 3.05) is 50.1 Å². The lowest BCUT2D eigenvalue weighted by molar-refractivity contribution is -0.118. The molecule has 3 N–H and O–H groups in total. The highest BCUT2D eigenvalue weighted by Gasteiger charge is 2.19. The van der Waals surface area contributed by atoms with Crippen molar-refractivity contribution >= 4 is 17.3 Å². The van der Waals surface area contributed by atoms with Crippen molar-refractivity contribution < 1.29 is 9.53 Å². The van der Waals surface area contributed by atoms with Crippen LogP contribution in [0.1, 0.15) is 13.8 Å². The summed E-state index contributed by atoms with van der Waals surface area (Å²) >= 11 is 0. The zero-order chi connectivity index (χ0) is 16.8. The summed E-state index contributed by atoms with van der Waals surface area (Å²) in [5, 5.41) is 2.85. The maximum atomic E-state index is 12.0. The lowest BCUT2D eigenvalue weighted by atomic mass is 10.2. The van der Waals surface area contributed by atoms with Crippen LogP contribution < -0.4 is 16.0 Å². The maximum absolute atomic E-state index is 12.0. The van der Waals surface area contributed by atoms with Crippen LogP contribution in [0.3, 0.4) is 0 Å². The van der Waals surface area contributed by atoms with Gasteiger partial charge < -0.3 is 20.7 Å². The number of nitrogens with one attached hydrogen (secondary N) is 1. The molecule has 1 saturated heterocycles. The van der Waals surface area contributed by atoms with E-state index in [1.54, 1.807) is 0 Å². The van der Waals surface area contributed by atoms with Crippen LogP contribution in [0.25, 0.3) is 0 Å². The van der Waals surface area contributed by atoms with Gasteiger partial charge in [0.2, 0.25) is 5.91 Å². The summed E-state index contributed by atoms with van der Waals surface area (Å²) in [6, 6.07) is 7.86. The lowest BCUT2D eigenvalue weighted by Crippen LogP contribution is -2.48. The maximum Gasteiger partial charge on any atom is 0.243 e. The van der Waals surface area contributed by atoms with Gasteiger partial charge in [-0.1, -0.05) is 6.07 Å². The van der Waals surface area contributed by atoms with Crippen LogP contribution in [0.5, 0.6) is 0 Å². The number of anilines is 2. The Morgan fingerprint density at radius 2 is 2.00 bits per heavy atom. The molecule has 6 heteroatoms. The first-order valence-corrected chi connectivity index (χ1v) is 8.15. The van der Waals surface area contributed by atoms with Crippen LogP contribution >= 0.6 is 0 Å². The largest absolute Gasteiger partial charge is 0.383 e. The Labute approximate surface area is 138 Å². The van der Waals surface area contributed by atoms with Gasteiger partial charge in [-0.3, -0.25) is 9.69 Å². The summed E-state index contributed by atoms with van der Waals surface area (Å²) in [5.74, 6) is -0.228. The van der Waals surface area contributed by atoms with Gasteiger partial charge in [-0.05, 0) is 32.0 Å². The number of carbonyl (C=O) groups is 1. The van der Waals surface area contributed by atoms with E-state index in [2.05, 4.69) is 35.0 Å². The zero-order valence-electron chi connectivity index (χ0n) is 14.3. The molecule has 1 aromatic rings. The van der Waals surface area contributed by atoms with Gasteiger partial charge in [0.15, 0.2) is 0 Å². The van der Waals surface area contributed by atoms with E-state index < -0.39 is 6.04 Å². The number of nitrogens with two attached hydrogens (primary N) is 1. The minimum absolute atomic E-state index is 0.211. The van der Waals surface area contributed by atoms with E-state index in [0.29, 0.717) is 6.04 Å². The number of piperazine rings is 1. The molecule has 23 heavy (non-hydrogen) atoms. The summed E-state index contributed by atoms with van der Waals surface area (Å²) in [6.45, 7) is 8.80. The monoisotopic (exact) mass is 320 g/mol. The highest BCUT2D eigenvalue weighted by molar-refractivity contribution is 5.95. The molecule has 1 atom stereocenters. The minimum atomic E-state index is -0.654. The van der Waals surface area contributed by atoms with Crippen molar-refractivity contribution in [3.63, 3.8) is 0 Å². The van der Waals surface area contributed by atoms with Crippen LogP contribution in [0.15, 0.2) is 24.3 Å². The Balaban J connectivity index is 1.96. The van der Waals surface area contributed by atoms with Gasteiger partial charge in [-0.25, -0.2) is 0 Å². The molecule has 1 aromatic carbocycles. The van der Waals surface area contributed by atoms with Crippen molar-refractivity contribution in [3.8, 4) is 0 Å². The molecule has 0 bridgehead atoms. The number of nitrogens with zero attached hydrogens (tertiary/aromatic N) is 2. The second kappa shape index (κ2) is 8.29. The quantitative estimate of drug-likeness (QED) is 0.822. The fourth-order valence-electron chi connectivity index (χ4n) is 2.77. The summed E-state index contributed by atoms with van der Waals surface area (Å²) in [4.78, 5) is 16.8. The third-order valence-corrected chi connectivity index (χ3v) is 4.21. The van der Waals surface area contributed by atoms with E-state index >= 15 is 0 Å². The first-order chi connectivity index (χ1) is 11.0. The van der Waals surface area contributed by atoms with E-state index in [1.165, 1.54) is 7.11 Å². The molecular weight excluding hydrogens is 292 g/mol. The van der Waals surface area contributed by atoms with E-state index in [9.17, 15) is 4.79 Å². The van der Waals surface area contributed by atoms with Crippen molar-refractivity contribution in [2.24, 2.45) is 5.73 Å². The Morgan fingerprint density at radius 3 is 2.61 bits per heavy atom. The first-order valence-electron chi connectivity index (χ1n) is 8.15. The van der Waals surface area contributed by atoms with Gasteiger partial charge in [0, 0.05) is 50.7 Å². The summed E-state index contributed by atoms with van der Waals surface area (Å²) in [5.41, 5.74) is 7.65. The third-order valence-electron chi connectivity index (χ3n) is 4.21. The normalized spacial score (nSPS) is 17.3. The summed E-state index contributed by atoms with van der Waals surface area (Å²) in [6.07, 6.45) is 0. The van der Waals surface area contributed by atoms with Gasteiger partial charge >= 0.3 is 0 Å². The van der Waals surface area contributed by atoms with Crippen LogP contribution in [0, 0.1) is 0 Å². The Kier molecular flexibility index (Phi) is 6.38. The molecule has 1 aliphatic heterocycles. The first kappa shape index (κ1) is 17.7. The summed E-state index contributed by atoms with van der Waals surface area (Å²) < 4.78 is 4.91. The molecule has 1 heterocycles. The number of methoxy groups -OCH3 is 1. The molecule has 2 rings (SSSR count). The molecule has 6 nitrogen and oxygen atoms in total. The molecule has 0 aliphatic carbocycles. The van der Waals surface area contributed by atoms with E-state index in [4.69, 9.17) is 10.5 Å². The molecule has 0 radical (unpaired) electrons. The molecule has 128 valence electrons. The second-order valence-corrected chi connectivity index (χ2v) is 6.22. The number of carbonyl (C=O) groups excluding carboxylic acids is 1. The Hall–Kier alpha value is -1.63. The molecular formula is C17H28N4O2. The molecule has 0 spiro atoms. The van der Waals surface area contributed by atoms with E-state index in [1.807, 2.05) is 18.2 Å². The van der Waals surface area contributed by atoms with E-state index in [-0.39, 0.29) is 12.5 Å². The molecule has 0 aromatic heterocycles. The fraction of sp³-hybridized carbons (Fsp3) is 0.588. The standard InChI is InChI=1S/C17H28N4O2/c1-13(2)20-7-9-21(10-8-20)15-6-4-5-14(11-15)19-17(22)16(18)12-23-3/h4-6,11,13,16H,7-10,12,18H2,1-3H3,(H,19,22). The zero-order valence-corrected chi connectivity index (χ0v) is 14.3. The van der Waals surface area contributed by atoms with E-state index in [0.717, 1.165) is 37.6 Å². The molecule has 1 unspecified atom stereocenters. The van der Waals surface area contributed by atoms with Crippen molar-refractivity contribution in [2.45, 2.75) is 25.9 Å². The molecule has 0 saturated carbocycles. The third kappa shape index (κ3) is 4.92. The number of rotatable bonds is 6. The number of benzene rings is 1. The Morgan fingerprint density at radius 1 is 1.30 bits per heavy atom. The van der Waals surface area contributed by atoms with Crippen molar-refractivity contribution in [3.05, 3.63) is 24.3 Å². The molecule has 1 amide bonds. The van der Waals surface area contributed by atoms with Crippen molar-refractivity contribution in [1.29, 1.82) is 0 Å². The number of hydrogen-bond acceptors (Lipinski definition) is 5. The SMILES string of the molecule is COCC(N)C(=O)Nc1cccc(N2CCN(C(C)C)CC2)c1. The fourth-order valence-corrected chi connectivity index (χ4v) is 2.77. The van der Waals surface area contributed by atoms with Crippen LogP contribution in [-0.2, 0) is 9.53 Å². The number of ether oxygens (including phenoxy) is 1. The predicted octanol–water partition coefficient (Wildman–Crippen LogP) is 1.13.